The molecule has 0 aromatic heterocycles. The highest BCUT2D eigenvalue weighted by Gasteiger charge is 2.41. The van der Waals surface area contributed by atoms with Crippen molar-refractivity contribution in [1.29, 1.82) is 0 Å². The Morgan fingerprint density at radius 1 is 0.625 bits per heavy atom. The second-order valence-electron chi connectivity index (χ2n) is 9.21. The second-order valence-corrected chi connectivity index (χ2v) is 9.21. The average Bonchev–Trinajstić information content (AvgIpc) is 2.81. The summed E-state index contributed by atoms with van der Waals surface area (Å²) in [5.74, 6) is 0. The molecule has 0 saturated carbocycles. The lowest BCUT2D eigenvalue weighted by Crippen LogP contribution is -2.34. The van der Waals surface area contributed by atoms with Gasteiger partial charge in [0.25, 0.3) is 0 Å². The summed E-state index contributed by atoms with van der Waals surface area (Å²) in [6, 6.07) is 31.0. The molecule has 0 heterocycles. The molecule has 0 atom stereocenters. The Hall–Kier alpha value is -3.78. The van der Waals surface area contributed by atoms with E-state index in [2.05, 4.69) is 98.8 Å². The summed E-state index contributed by atoms with van der Waals surface area (Å²) < 4.78 is 0. The van der Waals surface area contributed by atoms with Crippen LogP contribution in [0.2, 0.25) is 0 Å². The molecule has 0 bridgehead atoms. The third-order valence-electron chi connectivity index (χ3n) is 7.41. The van der Waals surface area contributed by atoms with E-state index in [9.17, 15) is 0 Å². The highest BCUT2D eigenvalue weighted by Crippen LogP contribution is 2.51. The van der Waals surface area contributed by atoms with E-state index >= 15 is 0 Å². The van der Waals surface area contributed by atoms with E-state index in [1.807, 2.05) is 0 Å². The fourth-order valence-electron chi connectivity index (χ4n) is 5.68. The molecule has 6 rings (SSSR count). The van der Waals surface area contributed by atoms with Crippen molar-refractivity contribution in [3.05, 3.63) is 118 Å². The molecule has 0 amide bonds. The number of benzene rings is 5. The molecule has 5 aromatic rings. The quantitative estimate of drug-likeness (QED) is 0.250. The molecular formula is C30H26N2. The Morgan fingerprint density at radius 2 is 1.19 bits per heavy atom. The van der Waals surface area contributed by atoms with Gasteiger partial charge in [0.05, 0.1) is 0 Å². The first-order valence-electron chi connectivity index (χ1n) is 11.2. The number of rotatable bonds is 2. The fraction of sp³-hybridized carbons (Fsp3) is 0.133. The number of hydrogen-bond acceptors (Lipinski definition) is 2. The Labute approximate surface area is 188 Å². The van der Waals surface area contributed by atoms with Crippen LogP contribution in [0.15, 0.2) is 84.9 Å². The monoisotopic (exact) mass is 414 g/mol. The van der Waals surface area contributed by atoms with E-state index in [1.165, 1.54) is 43.8 Å². The first-order valence-corrected chi connectivity index (χ1v) is 11.2. The number of nitrogens with two attached hydrogens (primary N) is 2. The molecule has 2 heteroatoms. The van der Waals surface area contributed by atoms with Crippen molar-refractivity contribution in [2.24, 2.45) is 0 Å². The van der Waals surface area contributed by atoms with Crippen LogP contribution in [0.25, 0.3) is 21.5 Å². The summed E-state index contributed by atoms with van der Waals surface area (Å²) in [6.07, 6.45) is 0.896. The Morgan fingerprint density at radius 3 is 1.78 bits per heavy atom. The van der Waals surface area contributed by atoms with Gasteiger partial charge in [-0.05, 0) is 87.3 Å². The zero-order chi connectivity index (χ0) is 22.0. The molecule has 0 aliphatic heterocycles. The van der Waals surface area contributed by atoms with Crippen molar-refractivity contribution >= 4 is 32.9 Å². The van der Waals surface area contributed by atoms with Gasteiger partial charge in [0.2, 0.25) is 0 Å². The maximum Gasteiger partial charge on any atom is 0.0498 e. The molecular weight excluding hydrogens is 388 g/mol. The zero-order valence-corrected chi connectivity index (χ0v) is 18.4. The molecule has 0 unspecified atom stereocenters. The van der Waals surface area contributed by atoms with Gasteiger partial charge in [-0.1, -0.05) is 72.8 Å². The van der Waals surface area contributed by atoms with Crippen LogP contribution in [0.3, 0.4) is 0 Å². The van der Waals surface area contributed by atoms with E-state index < -0.39 is 0 Å². The minimum Gasteiger partial charge on any atom is -0.399 e. The van der Waals surface area contributed by atoms with Crippen LogP contribution in [0.1, 0.15) is 33.4 Å². The number of anilines is 2. The van der Waals surface area contributed by atoms with Crippen LogP contribution in [-0.2, 0) is 11.8 Å². The standard InChI is InChI=1S/C30H26N2/c1-18-15-23(11-13-26(18)31)30(24-12-14-27(32)19(2)16-24)17-22-7-3-5-20-9-10-21-6-4-8-25(30)29(21)28(20)22/h3-16H,17,31-32H2,1-2H3. The third-order valence-corrected chi connectivity index (χ3v) is 7.41. The molecule has 0 spiro atoms. The predicted molar refractivity (Wildman–Crippen MR) is 136 cm³/mol. The normalized spacial score (nSPS) is 14.3. The molecule has 0 radical (unpaired) electrons. The zero-order valence-electron chi connectivity index (χ0n) is 18.4. The minimum atomic E-state index is -0.320. The Bertz CT molecular complexity index is 1490. The van der Waals surface area contributed by atoms with Crippen LogP contribution in [0.5, 0.6) is 0 Å². The number of aryl methyl sites for hydroxylation is 2. The molecule has 0 fully saturated rings. The van der Waals surface area contributed by atoms with Crippen LogP contribution in [0, 0.1) is 13.8 Å². The van der Waals surface area contributed by atoms with Gasteiger partial charge in [-0.3, -0.25) is 0 Å². The Balaban J connectivity index is 1.81. The summed E-state index contributed by atoms with van der Waals surface area (Å²) in [7, 11) is 0. The highest BCUT2D eigenvalue weighted by atomic mass is 14.6. The SMILES string of the molecule is Cc1cc(C2(c3ccc(N)c(C)c3)Cc3cccc4ccc5cccc2c5c34)ccc1N. The van der Waals surface area contributed by atoms with Crippen molar-refractivity contribution in [3.63, 3.8) is 0 Å². The van der Waals surface area contributed by atoms with Gasteiger partial charge in [-0.15, -0.1) is 0 Å². The van der Waals surface area contributed by atoms with Crippen molar-refractivity contribution in [1.82, 2.24) is 0 Å². The lowest BCUT2D eigenvalue weighted by atomic mass is 9.61. The van der Waals surface area contributed by atoms with Crippen LogP contribution in [0.4, 0.5) is 11.4 Å². The molecule has 4 N–H and O–H groups in total. The summed E-state index contributed by atoms with van der Waals surface area (Å²) in [5.41, 5.74) is 21.3. The maximum absolute atomic E-state index is 6.24. The highest BCUT2D eigenvalue weighted by molar-refractivity contribution is 6.12. The lowest BCUT2D eigenvalue weighted by molar-refractivity contribution is 0.615. The molecule has 156 valence electrons. The first kappa shape index (κ1) is 18.9. The van der Waals surface area contributed by atoms with Gasteiger partial charge in [0.15, 0.2) is 0 Å². The summed E-state index contributed by atoms with van der Waals surface area (Å²) in [5, 5.41) is 5.33. The average molecular weight is 415 g/mol. The van der Waals surface area contributed by atoms with Gasteiger partial charge >= 0.3 is 0 Å². The van der Waals surface area contributed by atoms with E-state index in [0.717, 1.165) is 28.9 Å². The number of nitrogen functional groups attached to an aromatic ring is 2. The smallest absolute Gasteiger partial charge is 0.0498 e. The van der Waals surface area contributed by atoms with E-state index in [4.69, 9.17) is 11.5 Å². The van der Waals surface area contributed by atoms with E-state index in [-0.39, 0.29) is 5.41 Å². The summed E-state index contributed by atoms with van der Waals surface area (Å²) in [4.78, 5) is 0. The number of hydrogen-bond donors (Lipinski definition) is 2. The minimum absolute atomic E-state index is 0.320. The van der Waals surface area contributed by atoms with Gasteiger partial charge in [0, 0.05) is 16.8 Å². The van der Waals surface area contributed by atoms with Crippen molar-refractivity contribution in [2.75, 3.05) is 11.5 Å². The van der Waals surface area contributed by atoms with Gasteiger partial charge in [-0.2, -0.15) is 0 Å². The molecule has 1 aliphatic rings. The molecule has 5 aromatic carbocycles. The third kappa shape index (κ3) is 2.47. The molecule has 0 saturated heterocycles. The van der Waals surface area contributed by atoms with E-state index in [0.29, 0.717) is 0 Å². The van der Waals surface area contributed by atoms with Crippen molar-refractivity contribution in [3.8, 4) is 0 Å². The summed E-state index contributed by atoms with van der Waals surface area (Å²) >= 11 is 0. The lowest BCUT2D eigenvalue weighted by Gasteiger charge is -2.41. The first-order chi connectivity index (χ1) is 15.5. The largest absolute Gasteiger partial charge is 0.399 e. The van der Waals surface area contributed by atoms with Crippen molar-refractivity contribution < 1.29 is 0 Å². The maximum atomic E-state index is 6.24. The van der Waals surface area contributed by atoms with Crippen LogP contribution in [-0.4, -0.2) is 0 Å². The van der Waals surface area contributed by atoms with Crippen LogP contribution < -0.4 is 11.5 Å². The second kappa shape index (κ2) is 6.61. The predicted octanol–water partition coefficient (Wildman–Crippen LogP) is 6.66. The van der Waals surface area contributed by atoms with Gasteiger partial charge < -0.3 is 11.5 Å². The topological polar surface area (TPSA) is 52.0 Å². The fourth-order valence-corrected chi connectivity index (χ4v) is 5.68. The van der Waals surface area contributed by atoms with E-state index in [1.54, 1.807) is 0 Å². The molecule has 1 aliphatic carbocycles. The summed E-state index contributed by atoms with van der Waals surface area (Å²) in [6.45, 7) is 4.19. The van der Waals surface area contributed by atoms with Gasteiger partial charge in [-0.25, -0.2) is 0 Å². The Kier molecular flexibility index (Phi) is 3.91. The van der Waals surface area contributed by atoms with Gasteiger partial charge in [0.1, 0.15) is 0 Å². The van der Waals surface area contributed by atoms with Crippen LogP contribution >= 0.6 is 0 Å². The molecule has 32 heavy (non-hydrogen) atoms. The van der Waals surface area contributed by atoms with Crippen molar-refractivity contribution in [2.45, 2.75) is 25.7 Å². The molecule has 2 nitrogen and oxygen atoms in total.